The van der Waals surface area contributed by atoms with Crippen LogP contribution < -0.4 is 0 Å². The van der Waals surface area contributed by atoms with Crippen molar-refractivity contribution in [2.75, 3.05) is 13.2 Å². The molecule has 6 heteroatoms. The molecule has 148 valence electrons. The van der Waals surface area contributed by atoms with E-state index in [-0.39, 0.29) is 43.4 Å². The van der Waals surface area contributed by atoms with Crippen molar-refractivity contribution in [3.05, 3.63) is 0 Å². The van der Waals surface area contributed by atoms with E-state index in [9.17, 15) is 14.7 Å². The Balaban J connectivity index is 0.000000368. The van der Waals surface area contributed by atoms with Crippen LogP contribution in [0.3, 0.4) is 0 Å². The lowest BCUT2D eigenvalue weighted by Crippen LogP contribution is -2.35. The van der Waals surface area contributed by atoms with Gasteiger partial charge in [0.1, 0.15) is 5.78 Å². The van der Waals surface area contributed by atoms with E-state index < -0.39 is 5.97 Å². The summed E-state index contributed by atoms with van der Waals surface area (Å²) < 4.78 is 0. The highest BCUT2D eigenvalue weighted by Gasteiger charge is 2.60. The van der Waals surface area contributed by atoms with Gasteiger partial charge in [0.2, 0.25) is 0 Å². The predicted octanol–water partition coefficient (Wildman–Crippen LogP) is 2.38. The summed E-state index contributed by atoms with van der Waals surface area (Å²) in [7, 11) is 0. The quantitative estimate of drug-likeness (QED) is 0.541. The van der Waals surface area contributed by atoms with E-state index >= 15 is 0 Å². The molecule has 2 fully saturated rings. The van der Waals surface area contributed by atoms with E-state index in [1.165, 1.54) is 19.8 Å². The van der Waals surface area contributed by atoms with Crippen molar-refractivity contribution in [2.45, 2.75) is 78.7 Å². The first-order chi connectivity index (χ1) is 11.5. The Bertz CT molecular complexity index is 402. The zero-order chi connectivity index (χ0) is 19.7. The topological polar surface area (TPSA) is 115 Å². The van der Waals surface area contributed by atoms with Crippen molar-refractivity contribution in [3.8, 4) is 0 Å². The van der Waals surface area contributed by atoms with Crippen LogP contribution in [0.15, 0.2) is 0 Å². The predicted molar refractivity (Wildman–Crippen MR) is 96.2 cm³/mol. The zero-order valence-electron chi connectivity index (χ0n) is 16.1. The maximum Gasteiger partial charge on any atom is 0.303 e. The Morgan fingerprint density at radius 1 is 1.04 bits per heavy atom. The van der Waals surface area contributed by atoms with Crippen LogP contribution in [-0.2, 0) is 9.59 Å². The second-order valence-corrected chi connectivity index (χ2v) is 7.88. The summed E-state index contributed by atoms with van der Waals surface area (Å²) in [6.07, 6.45) is 5.12. The van der Waals surface area contributed by atoms with Gasteiger partial charge in [0.25, 0.3) is 0 Å². The molecule has 6 nitrogen and oxygen atoms in total. The van der Waals surface area contributed by atoms with Gasteiger partial charge in [0.15, 0.2) is 0 Å². The number of carboxylic acids is 1. The number of carboxylic acid groups (broad SMARTS) is 1. The summed E-state index contributed by atoms with van der Waals surface area (Å²) >= 11 is 0. The Morgan fingerprint density at radius 2 is 1.56 bits per heavy atom. The van der Waals surface area contributed by atoms with Crippen molar-refractivity contribution < 1.29 is 30.0 Å². The summed E-state index contributed by atoms with van der Waals surface area (Å²) in [5.74, 6) is -0.213. The van der Waals surface area contributed by atoms with E-state index in [0.717, 1.165) is 25.2 Å². The standard InChI is InChI=1S/C10H18O.C5H8O3.C4H10O2/c1-9(2)7-4-5-10(9,3)8(11)6-7;1-4(6)2-3-5(7)8;5-3-1-2-4-6/h7-8,11H,4-6H2,1-3H3;2-3H2,1H3,(H,7,8);5-6H,1-4H2. The Kier molecular flexibility index (Phi) is 10.5. The first-order valence-electron chi connectivity index (χ1n) is 9.14. The van der Waals surface area contributed by atoms with Crippen LogP contribution >= 0.6 is 0 Å². The average molecular weight is 360 g/mol. The number of rotatable bonds is 6. The highest BCUT2D eigenvalue weighted by molar-refractivity contribution is 5.80. The molecule has 3 atom stereocenters. The molecule has 0 spiro atoms. The van der Waals surface area contributed by atoms with E-state index in [4.69, 9.17) is 15.3 Å². The molecular formula is C19H36O6. The average Bonchev–Trinajstić information content (AvgIpc) is 2.85. The number of aliphatic hydroxyl groups excluding tert-OH is 3. The third-order valence-electron chi connectivity index (χ3n) is 6.01. The highest BCUT2D eigenvalue weighted by atomic mass is 16.4. The van der Waals surface area contributed by atoms with Crippen molar-refractivity contribution in [1.29, 1.82) is 0 Å². The van der Waals surface area contributed by atoms with Crippen molar-refractivity contribution in [2.24, 2.45) is 16.7 Å². The number of aliphatic carboxylic acids is 1. The third kappa shape index (κ3) is 7.04. The van der Waals surface area contributed by atoms with Crippen LogP contribution in [0.1, 0.15) is 72.6 Å². The molecular weight excluding hydrogens is 324 g/mol. The van der Waals surface area contributed by atoms with Gasteiger partial charge >= 0.3 is 5.97 Å². The summed E-state index contributed by atoms with van der Waals surface area (Å²) in [5.41, 5.74) is 0.601. The number of carbonyl (C=O) groups is 2. The van der Waals surface area contributed by atoms with E-state index in [1.807, 2.05) is 0 Å². The molecule has 2 aliphatic rings. The minimum atomic E-state index is -0.916. The normalized spacial score (nSPS) is 28.4. The van der Waals surface area contributed by atoms with E-state index in [1.54, 1.807) is 0 Å². The molecule has 2 aliphatic carbocycles. The first kappa shape index (κ1) is 24.0. The molecule has 0 aromatic carbocycles. The van der Waals surface area contributed by atoms with Crippen LogP contribution in [0, 0.1) is 16.7 Å². The number of hydrogen-bond acceptors (Lipinski definition) is 5. The van der Waals surface area contributed by atoms with Crippen LogP contribution in [0.4, 0.5) is 0 Å². The van der Waals surface area contributed by atoms with Gasteiger partial charge in [-0.2, -0.15) is 0 Å². The number of carbonyl (C=O) groups excluding carboxylic acids is 1. The van der Waals surface area contributed by atoms with Gasteiger partial charge in [-0.3, -0.25) is 4.79 Å². The molecule has 3 unspecified atom stereocenters. The van der Waals surface area contributed by atoms with E-state index in [0.29, 0.717) is 5.41 Å². The monoisotopic (exact) mass is 360 g/mol. The largest absolute Gasteiger partial charge is 0.481 e. The number of fused-ring (bicyclic) bond motifs is 2. The lowest BCUT2D eigenvalue weighted by molar-refractivity contribution is -0.138. The zero-order valence-corrected chi connectivity index (χ0v) is 16.1. The number of aliphatic hydroxyl groups is 3. The number of hydrogen-bond donors (Lipinski definition) is 4. The SMILES string of the molecule is CC(=O)CCC(=O)O.CC1(C)C2CCC1(C)C(O)C2.OCCCCO. The fraction of sp³-hybridized carbons (Fsp3) is 0.895. The van der Waals surface area contributed by atoms with Crippen LogP contribution in [0.5, 0.6) is 0 Å². The molecule has 0 saturated heterocycles. The summed E-state index contributed by atoms with van der Waals surface area (Å²) in [6, 6.07) is 0. The van der Waals surface area contributed by atoms with Gasteiger partial charge in [-0.05, 0) is 55.8 Å². The molecule has 2 saturated carbocycles. The van der Waals surface area contributed by atoms with Gasteiger partial charge in [-0.15, -0.1) is 0 Å². The molecule has 0 aliphatic heterocycles. The van der Waals surface area contributed by atoms with E-state index in [2.05, 4.69) is 20.8 Å². The smallest absolute Gasteiger partial charge is 0.303 e. The fourth-order valence-electron chi connectivity index (χ4n) is 3.67. The number of unbranched alkanes of at least 4 members (excludes halogenated alkanes) is 1. The summed E-state index contributed by atoms with van der Waals surface area (Å²) in [6.45, 7) is 8.66. The molecule has 0 aromatic heterocycles. The maximum atomic E-state index is 10.1. The second-order valence-electron chi connectivity index (χ2n) is 7.88. The fourth-order valence-corrected chi connectivity index (χ4v) is 3.67. The van der Waals surface area contributed by atoms with Gasteiger partial charge in [-0.1, -0.05) is 20.8 Å². The molecule has 0 aromatic rings. The van der Waals surface area contributed by atoms with Crippen LogP contribution in [0.25, 0.3) is 0 Å². The molecule has 2 bridgehead atoms. The lowest BCUT2D eigenvalue weighted by Gasteiger charge is -2.36. The third-order valence-corrected chi connectivity index (χ3v) is 6.01. The Morgan fingerprint density at radius 3 is 1.72 bits per heavy atom. The van der Waals surface area contributed by atoms with Crippen molar-refractivity contribution >= 4 is 11.8 Å². The molecule has 0 radical (unpaired) electrons. The molecule has 0 amide bonds. The molecule has 0 heterocycles. The summed E-state index contributed by atoms with van der Waals surface area (Å²) in [4.78, 5) is 19.8. The van der Waals surface area contributed by atoms with Gasteiger partial charge < -0.3 is 25.2 Å². The highest BCUT2D eigenvalue weighted by Crippen LogP contribution is 2.65. The van der Waals surface area contributed by atoms with Gasteiger partial charge in [0.05, 0.1) is 12.5 Å². The lowest BCUT2D eigenvalue weighted by atomic mass is 9.70. The summed E-state index contributed by atoms with van der Waals surface area (Å²) in [5, 5.41) is 34.0. The number of ketones is 1. The Hall–Kier alpha value is -0.980. The first-order valence-corrected chi connectivity index (χ1v) is 9.14. The maximum absolute atomic E-state index is 10.1. The van der Waals surface area contributed by atoms with Gasteiger partial charge in [0, 0.05) is 19.6 Å². The van der Waals surface area contributed by atoms with Crippen LogP contribution in [-0.4, -0.2) is 51.5 Å². The molecule has 4 N–H and O–H groups in total. The van der Waals surface area contributed by atoms with Crippen molar-refractivity contribution in [1.82, 2.24) is 0 Å². The Labute approximate surface area is 151 Å². The van der Waals surface area contributed by atoms with Crippen LogP contribution in [0.2, 0.25) is 0 Å². The van der Waals surface area contributed by atoms with Gasteiger partial charge in [-0.25, -0.2) is 0 Å². The number of Topliss-reactive ketones (excluding diaryl/α,β-unsaturated/α-hetero) is 1. The minimum absolute atomic E-state index is 0.0313. The minimum Gasteiger partial charge on any atom is -0.481 e. The molecule has 2 rings (SSSR count). The molecule has 25 heavy (non-hydrogen) atoms. The van der Waals surface area contributed by atoms with Crippen molar-refractivity contribution in [3.63, 3.8) is 0 Å². The second kappa shape index (κ2) is 10.9.